The Morgan fingerprint density at radius 1 is 1.33 bits per heavy atom. The zero-order valence-corrected chi connectivity index (χ0v) is 9.76. The van der Waals surface area contributed by atoms with E-state index in [9.17, 15) is 4.79 Å². The summed E-state index contributed by atoms with van der Waals surface area (Å²) in [5.74, 6) is 0.345. The van der Waals surface area contributed by atoms with Crippen molar-refractivity contribution in [1.82, 2.24) is 9.97 Å². The van der Waals surface area contributed by atoms with Gasteiger partial charge in [-0.15, -0.1) is 0 Å². The molecule has 2 aromatic rings. The maximum atomic E-state index is 11.4. The average Bonchev–Trinajstić information content (AvgIpc) is 2.41. The molecule has 0 aliphatic rings. The number of nitrogen functional groups attached to an aromatic ring is 1. The number of aromatic amines is 1. The molecule has 1 aromatic heterocycles. The molecule has 1 atom stereocenters. The number of nitrogens with two attached hydrogens (primary N) is 2. The van der Waals surface area contributed by atoms with Crippen molar-refractivity contribution in [3.63, 3.8) is 0 Å². The van der Waals surface area contributed by atoms with E-state index in [2.05, 4.69) is 15.3 Å². The van der Waals surface area contributed by atoms with Crippen molar-refractivity contribution < 1.29 is 0 Å². The van der Waals surface area contributed by atoms with Gasteiger partial charge in [0, 0.05) is 6.54 Å². The van der Waals surface area contributed by atoms with E-state index >= 15 is 0 Å². The van der Waals surface area contributed by atoms with Crippen LogP contribution in [-0.4, -0.2) is 16.5 Å². The molecule has 1 aromatic carbocycles. The van der Waals surface area contributed by atoms with Gasteiger partial charge in [0.15, 0.2) is 5.82 Å². The van der Waals surface area contributed by atoms with Gasteiger partial charge < -0.3 is 21.8 Å². The van der Waals surface area contributed by atoms with E-state index in [0.717, 1.165) is 5.56 Å². The summed E-state index contributed by atoms with van der Waals surface area (Å²) in [6.45, 7) is 0.373. The summed E-state index contributed by atoms with van der Waals surface area (Å²) in [5.41, 5.74) is 12.1. The predicted octanol–water partition coefficient (Wildman–Crippen LogP) is 0.464. The third-order valence-corrected chi connectivity index (χ3v) is 2.64. The normalized spacial score (nSPS) is 12.1. The largest absolute Gasteiger partial charge is 0.391 e. The molecule has 94 valence electrons. The van der Waals surface area contributed by atoms with Crippen LogP contribution in [0, 0.1) is 0 Å². The van der Waals surface area contributed by atoms with Crippen LogP contribution in [0.4, 0.5) is 11.5 Å². The summed E-state index contributed by atoms with van der Waals surface area (Å²) in [7, 11) is 0. The van der Waals surface area contributed by atoms with E-state index in [4.69, 9.17) is 11.5 Å². The topological polar surface area (TPSA) is 110 Å². The first-order valence-corrected chi connectivity index (χ1v) is 5.57. The maximum absolute atomic E-state index is 11.4. The third kappa shape index (κ3) is 2.49. The van der Waals surface area contributed by atoms with Gasteiger partial charge in [-0.3, -0.25) is 4.79 Å². The second kappa shape index (κ2) is 5.33. The Hall–Kier alpha value is -2.34. The lowest BCUT2D eigenvalue weighted by molar-refractivity contribution is 0.783. The summed E-state index contributed by atoms with van der Waals surface area (Å²) < 4.78 is 0. The number of H-pyrrole nitrogens is 1. The van der Waals surface area contributed by atoms with Crippen molar-refractivity contribution in [3.05, 3.63) is 52.6 Å². The van der Waals surface area contributed by atoms with E-state index in [0.29, 0.717) is 12.4 Å². The molecule has 0 fully saturated rings. The van der Waals surface area contributed by atoms with Gasteiger partial charge in [0.1, 0.15) is 5.69 Å². The second-order valence-electron chi connectivity index (χ2n) is 3.84. The fraction of sp³-hybridized carbons (Fsp3) is 0.167. The Morgan fingerprint density at radius 3 is 2.72 bits per heavy atom. The molecule has 1 heterocycles. The number of rotatable bonds is 4. The van der Waals surface area contributed by atoms with Gasteiger partial charge in [-0.2, -0.15) is 0 Å². The van der Waals surface area contributed by atoms with Crippen LogP contribution in [0.15, 0.2) is 41.5 Å². The van der Waals surface area contributed by atoms with E-state index in [1.807, 2.05) is 30.3 Å². The summed E-state index contributed by atoms with van der Waals surface area (Å²) in [6.07, 6.45) is 1.31. The lowest BCUT2D eigenvalue weighted by atomic mass is 10.1. The highest BCUT2D eigenvalue weighted by atomic mass is 16.1. The Bertz CT molecular complexity index is 566. The molecule has 0 saturated heterocycles. The highest BCUT2D eigenvalue weighted by Gasteiger charge is 2.12. The number of hydrogen-bond acceptors (Lipinski definition) is 5. The first-order valence-electron chi connectivity index (χ1n) is 5.57. The Morgan fingerprint density at radius 2 is 2.06 bits per heavy atom. The number of aromatic nitrogens is 2. The SMILES string of the molecule is NCC(Nc1nc[nH]c(=O)c1N)c1ccccc1. The van der Waals surface area contributed by atoms with Crippen LogP contribution < -0.4 is 22.3 Å². The minimum atomic E-state index is -0.365. The summed E-state index contributed by atoms with van der Waals surface area (Å²) in [4.78, 5) is 17.8. The molecule has 0 aliphatic heterocycles. The van der Waals surface area contributed by atoms with Crippen molar-refractivity contribution in [3.8, 4) is 0 Å². The molecule has 0 amide bonds. The zero-order chi connectivity index (χ0) is 13.0. The molecule has 1 unspecified atom stereocenters. The van der Waals surface area contributed by atoms with Gasteiger partial charge in [-0.25, -0.2) is 4.98 Å². The summed E-state index contributed by atoms with van der Waals surface area (Å²) in [5, 5.41) is 3.07. The Balaban J connectivity index is 2.26. The number of nitrogens with one attached hydrogen (secondary N) is 2. The molecule has 0 bridgehead atoms. The monoisotopic (exact) mass is 245 g/mol. The smallest absolute Gasteiger partial charge is 0.276 e. The average molecular weight is 245 g/mol. The Kier molecular flexibility index (Phi) is 3.59. The minimum Gasteiger partial charge on any atom is -0.391 e. The molecule has 0 saturated carbocycles. The zero-order valence-electron chi connectivity index (χ0n) is 9.76. The standard InChI is InChI=1S/C12H15N5O/c13-6-9(8-4-2-1-3-5-8)17-11-10(14)12(18)16-7-15-11/h1-5,7,9H,6,13-14H2,(H2,15,16,17,18). The molecule has 0 radical (unpaired) electrons. The van der Waals surface area contributed by atoms with Crippen molar-refractivity contribution >= 4 is 11.5 Å². The second-order valence-corrected chi connectivity index (χ2v) is 3.84. The van der Waals surface area contributed by atoms with E-state index in [-0.39, 0.29) is 17.3 Å². The van der Waals surface area contributed by atoms with Crippen molar-refractivity contribution in [2.24, 2.45) is 5.73 Å². The van der Waals surface area contributed by atoms with Crippen LogP contribution >= 0.6 is 0 Å². The molecule has 0 aliphatic carbocycles. The third-order valence-electron chi connectivity index (χ3n) is 2.64. The lowest BCUT2D eigenvalue weighted by Crippen LogP contribution is -2.24. The number of anilines is 2. The van der Waals surface area contributed by atoms with Crippen LogP contribution in [0.5, 0.6) is 0 Å². The molecule has 6 N–H and O–H groups in total. The van der Waals surface area contributed by atoms with Gasteiger partial charge >= 0.3 is 0 Å². The highest BCUT2D eigenvalue weighted by molar-refractivity contribution is 5.59. The minimum absolute atomic E-state index is 0.0619. The molecule has 6 nitrogen and oxygen atoms in total. The Labute approximate surface area is 104 Å². The van der Waals surface area contributed by atoms with Crippen LogP contribution in [0.3, 0.4) is 0 Å². The van der Waals surface area contributed by atoms with Crippen LogP contribution in [0.25, 0.3) is 0 Å². The quantitative estimate of drug-likeness (QED) is 0.625. The first-order chi connectivity index (χ1) is 8.72. The van der Waals surface area contributed by atoms with Crippen LogP contribution in [-0.2, 0) is 0 Å². The van der Waals surface area contributed by atoms with Crippen molar-refractivity contribution in [2.75, 3.05) is 17.6 Å². The molecule has 6 heteroatoms. The summed E-state index contributed by atoms with van der Waals surface area (Å²) in [6, 6.07) is 9.55. The molecular formula is C12H15N5O. The molecule has 18 heavy (non-hydrogen) atoms. The fourth-order valence-electron chi connectivity index (χ4n) is 1.65. The summed E-state index contributed by atoms with van der Waals surface area (Å²) >= 11 is 0. The number of benzene rings is 1. The van der Waals surface area contributed by atoms with Crippen LogP contribution in [0.2, 0.25) is 0 Å². The van der Waals surface area contributed by atoms with Crippen molar-refractivity contribution in [2.45, 2.75) is 6.04 Å². The van der Waals surface area contributed by atoms with Crippen molar-refractivity contribution in [1.29, 1.82) is 0 Å². The van der Waals surface area contributed by atoms with Gasteiger partial charge in [-0.05, 0) is 5.56 Å². The molecular weight excluding hydrogens is 230 g/mol. The maximum Gasteiger partial charge on any atom is 0.276 e. The van der Waals surface area contributed by atoms with E-state index in [1.165, 1.54) is 6.33 Å². The van der Waals surface area contributed by atoms with E-state index < -0.39 is 0 Å². The van der Waals surface area contributed by atoms with Gasteiger partial charge in [0.05, 0.1) is 12.4 Å². The van der Waals surface area contributed by atoms with Gasteiger partial charge in [0.25, 0.3) is 5.56 Å². The lowest BCUT2D eigenvalue weighted by Gasteiger charge is -2.18. The molecule has 0 spiro atoms. The van der Waals surface area contributed by atoms with E-state index in [1.54, 1.807) is 0 Å². The van der Waals surface area contributed by atoms with Crippen LogP contribution in [0.1, 0.15) is 11.6 Å². The number of hydrogen-bond donors (Lipinski definition) is 4. The predicted molar refractivity (Wildman–Crippen MR) is 71.1 cm³/mol. The van der Waals surface area contributed by atoms with Gasteiger partial charge in [0.2, 0.25) is 0 Å². The number of nitrogens with zero attached hydrogens (tertiary/aromatic N) is 1. The highest BCUT2D eigenvalue weighted by Crippen LogP contribution is 2.18. The van der Waals surface area contributed by atoms with Gasteiger partial charge in [-0.1, -0.05) is 30.3 Å². The molecule has 2 rings (SSSR count). The fourth-order valence-corrected chi connectivity index (χ4v) is 1.65. The first kappa shape index (κ1) is 12.1.